The van der Waals surface area contributed by atoms with Crippen molar-refractivity contribution in [2.75, 3.05) is 20.1 Å². The van der Waals surface area contributed by atoms with E-state index in [0.29, 0.717) is 6.04 Å². The molecule has 1 rings (SSSR count). The minimum absolute atomic E-state index is 0.0203. The summed E-state index contributed by atoms with van der Waals surface area (Å²) in [6, 6.07) is 0.376. The molecule has 1 aliphatic rings. The molecule has 0 aliphatic carbocycles. The fourth-order valence-electron chi connectivity index (χ4n) is 2.67. The van der Waals surface area contributed by atoms with Crippen LogP contribution >= 0.6 is 0 Å². The molecular formula is C16H32N2O2. The molecule has 0 bridgehead atoms. The predicted octanol–water partition coefficient (Wildman–Crippen LogP) is 2.57. The lowest BCUT2D eigenvalue weighted by Gasteiger charge is -2.20. The Morgan fingerprint density at radius 3 is 2.70 bits per heavy atom. The van der Waals surface area contributed by atoms with Crippen molar-refractivity contribution in [1.29, 1.82) is 0 Å². The van der Waals surface area contributed by atoms with Crippen LogP contribution in [0.25, 0.3) is 0 Å². The first-order chi connectivity index (χ1) is 9.52. The van der Waals surface area contributed by atoms with E-state index in [1.54, 1.807) is 0 Å². The highest BCUT2D eigenvalue weighted by molar-refractivity contribution is 5.76. The Hall–Kier alpha value is -0.610. The Morgan fingerprint density at radius 1 is 1.30 bits per heavy atom. The van der Waals surface area contributed by atoms with E-state index < -0.39 is 0 Å². The molecule has 0 aromatic heterocycles. The van der Waals surface area contributed by atoms with Gasteiger partial charge < -0.3 is 15.0 Å². The molecule has 20 heavy (non-hydrogen) atoms. The van der Waals surface area contributed by atoms with Gasteiger partial charge in [0.05, 0.1) is 6.10 Å². The smallest absolute Gasteiger partial charge is 0.323 e. The van der Waals surface area contributed by atoms with Crippen LogP contribution in [0, 0.1) is 0 Å². The van der Waals surface area contributed by atoms with Gasteiger partial charge in [-0.05, 0) is 59.7 Å². The number of carbonyl (C=O) groups excluding carboxylic acids is 1. The Kier molecular flexibility index (Phi) is 8.15. The lowest BCUT2D eigenvalue weighted by molar-refractivity contribution is -0.149. The van der Waals surface area contributed by atoms with Crippen LogP contribution in [0.15, 0.2) is 0 Å². The maximum atomic E-state index is 11.8. The molecule has 4 nitrogen and oxygen atoms in total. The zero-order chi connectivity index (χ0) is 15.0. The highest BCUT2D eigenvalue weighted by atomic mass is 16.5. The standard InChI is InChI=1S/C16H32N2O2/c1-5-6-7-11-18(4)12-10-14-8-9-15(17-14)16(19)20-13(2)3/h13-15,17H,5-12H2,1-4H3. The van der Waals surface area contributed by atoms with Gasteiger partial charge in [-0.3, -0.25) is 4.79 Å². The van der Waals surface area contributed by atoms with Gasteiger partial charge in [-0.1, -0.05) is 19.8 Å². The molecule has 0 aromatic rings. The first kappa shape index (κ1) is 17.4. The molecule has 1 fully saturated rings. The van der Waals surface area contributed by atoms with Crippen LogP contribution < -0.4 is 5.32 Å². The van der Waals surface area contributed by atoms with Crippen molar-refractivity contribution in [3.63, 3.8) is 0 Å². The van der Waals surface area contributed by atoms with Crippen molar-refractivity contribution < 1.29 is 9.53 Å². The van der Waals surface area contributed by atoms with Crippen LogP contribution in [0.1, 0.15) is 59.3 Å². The van der Waals surface area contributed by atoms with Gasteiger partial charge in [-0.25, -0.2) is 0 Å². The van der Waals surface area contributed by atoms with Gasteiger partial charge >= 0.3 is 5.97 Å². The maximum Gasteiger partial charge on any atom is 0.323 e. The number of rotatable bonds is 9. The molecule has 0 spiro atoms. The maximum absolute atomic E-state index is 11.8. The molecule has 0 aromatic carbocycles. The number of nitrogens with zero attached hydrogens (tertiary/aromatic N) is 1. The number of hydrogen-bond donors (Lipinski definition) is 1. The fraction of sp³-hybridized carbons (Fsp3) is 0.938. The third-order valence-corrected chi connectivity index (χ3v) is 3.88. The summed E-state index contributed by atoms with van der Waals surface area (Å²) in [6.45, 7) is 8.32. The van der Waals surface area contributed by atoms with Crippen molar-refractivity contribution in [3.05, 3.63) is 0 Å². The van der Waals surface area contributed by atoms with Crippen molar-refractivity contribution in [2.45, 2.75) is 77.5 Å². The van der Waals surface area contributed by atoms with Crippen molar-refractivity contribution >= 4 is 5.97 Å². The van der Waals surface area contributed by atoms with E-state index in [9.17, 15) is 4.79 Å². The lowest BCUT2D eigenvalue weighted by Crippen LogP contribution is -2.38. The average Bonchev–Trinajstić information content (AvgIpc) is 2.85. The Morgan fingerprint density at radius 2 is 2.05 bits per heavy atom. The number of ether oxygens (including phenoxy) is 1. The van der Waals surface area contributed by atoms with Crippen LogP contribution in [-0.2, 0) is 9.53 Å². The second kappa shape index (κ2) is 9.35. The molecule has 0 radical (unpaired) electrons. The molecular weight excluding hydrogens is 252 g/mol. The molecule has 1 saturated heterocycles. The van der Waals surface area contributed by atoms with E-state index in [0.717, 1.165) is 25.8 Å². The van der Waals surface area contributed by atoms with Crippen molar-refractivity contribution in [1.82, 2.24) is 10.2 Å². The highest BCUT2D eigenvalue weighted by Crippen LogP contribution is 2.17. The van der Waals surface area contributed by atoms with Crippen LogP contribution in [0.4, 0.5) is 0 Å². The van der Waals surface area contributed by atoms with Gasteiger partial charge in [0.15, 0.2) is 0 Å². The summed E-state index contributed by atoms with van der Waals surface area (Å²) in [5.74, 6) is -0.0844. The number of hydrogen-bond acceptors (Lipinski definition) is 4. The number of nitrogens with one attached hydrogen (secondary N) is 1. The van der Waals surface area contributed by atoms with E-state index >= 15 is 0 Å². The average molecular weight is 284 g/mol. The fourth-order valence-corrected chi connectivity index (χ4v) is 2.67. The Balaban J connectivity index is 2.16. The second-order valence-corrected chi connectivity index (χ2v) is 6.28. The molecule has 1 heterocycles. The third kappa shape index (κ3) is 6.71. The molecule has 0 saturated carbocycles. The molecule has 118 valence electrons. The topological polar surface area (TPSA) is 41.6 Å². The molecule has 1 N–H and O–H groups in total. The second-order valence-electron chi connectivity index (χ2n) is 6.28. The van der Waals surface area contributed by atoms with Gasteiger partial charge in [-0.2, -0.15) is 0 Å². The van der Waals surface area contributed by atoms with Crippen LogP contribution in [-0.4, -0.2) is 49.2 Å². The SMILES string of the molecule is CCCCCN(C)CCC1CCC(C(=O)OC(C)C)N1. The number of unbranched alkanes of at least 4 members (excludes halogenated alkanes) is 2. The normalized spacial score (nSPS) is 22.7. The van der Waals surface area contributed by atoms with Gasteiger partial charge in [0.25, 0.3) is 0 Å². The van der Waals surface area contributed by atoms with Gasteiger partial charge in [-0.15, -0.1) is 0 Å². The number of esters is 1. The summed E-state index contributed by atoms with van der Waals surface area (Å²) in [5, 5.41) is 3.42. The number of carbonyl (C=O) groups is 1. The molecule has 2 atom stereocenters. The summed E-state index contributed by atoms with van der Waals surface area (Å²) in [4.78, 5) is 14.2. The zero-order valence-corrected chi connectivity index (χ0v) is 13.7. The molecule has 1 aliphatic heterocycles. The molecule has 4 heteroatoms. The Bertz CT molecular complexity index is 282. The van der Waals surface area contributed by atoms with Gasteiger partial charge in [0.2, 0.25) is 0 Å². The third-order valence-electron chi connectivity index (χ3n) is 3.88. The predicted molar refractivity (Wildman–Crippen MR) is 82.8 cm³/mol. The van der Waals surface area contributed by atoms with Crippen molar-refractivity contribution in [2.24, 2.45) is 0 Å². The van der Waals surface area contributed by atoms with E-state index in [1.165, 1.54) is 25.8 Å². The lowest BCUT2D eigenvalue weighted by atomic mass is 10.1. The first-order valence-electron chi connectivity index (χ1n) is 8.18. The van der Waals surface area contributed by atoms with E-state index in [2.05, 4.69) is 24.2 Å². The quantitative estimate of drug-likeness (QED) is 0.522. The summed E-state index contributed by atoms with van der Waals surface area (Å²) in [6.07, 6.45) is 6.97. The summed E-state index contributed by atoms with van der Waals surface area (Å²) < 4.78 is 5.26. The minimum atomic E-state index is -0.0900. The van der Waals surface area contributed by atoms with E-state index in [1.807, 2.05) is 13.8 Å². The monoisotopic (exact) mass is 284 g/mol. The van der Waals surface area contributed by atoms with Crippen LogP contribution in [0.3, 0.4) is 0 Å². The highest BCUT2D eigenvalue weighted by Gasteiger charge is 2.30. The first-order valence-corrected chi connectivity index (χ1v) is 8.18. The van der Waals surface area contributed by atoms with Crippen LogP contribution in [0.5, 0.6) is 0 Å². The summed E-state index contributed by atoms with van der Waals surface area (Å²) in [7, 11) is 2.19. The molecule has 0 amide bonds. The minimum Gasteiger partial charge on any atom is -0.462 e. The zero-order valence-electron chi connectivity index (χ0n) is 13.7. The van der Waals surface area contributed by atoms with Gasteiger partial charge in [0, 0.05) is 6.04 Å². The van der Waals surface area contributed by atoms with Gasteiger partial charge in [0.1, 0.15) is 6.04 Å². The Labute approximate surface area is 124 Å². The van der Waals surface area contributed by atoms with Crippen molar-refractivity contribution in [3.8, 4) is 0 Å². The van der Waals surface area contributed by atoms with E-state index in [4.69, 9.17) is 4.74 Å². The molecule has 2 unspecified atom stereocenters. The van der Waals surface area contributed by atoms with Crippen LogP contribution in [0.2, 0.25) is 0 Å². The summed E-state index contributed by atoms with van der Waals surface area (Å²) >= 11 is 0. The summed E-state index contributed by atoms with van der Waals surface area (Å²) in [5.41, 5.74) is 0. The largest absolute Gasteiger partial charge is 0.462 e. The van der Waals surface area contributed by atoms with E-state index in [-0.39, 0.29) is 18.1 Å².